The van der Waals surface area contributed by atoms with E-state index < -0.39 is 30.2 Å². The second-order valence-corrected chi connectivity index (χ2v) is 18.2. The van der Waals surface area contributed by atoms with Crippen molar-refractivity contribution in [1.29, 1.82) is 0 Å². The van der Waals surface area contributed by atoms with Crippen molar-refractivity contribution in [2.45, 2.75) is 77.5 Å². The van der Waals surface area contributed by atoms with Crippen LogP contribution in [0.4, 0.5) is 9.59 Å². The number of esters is 1. The standard InChI is InChI=1S/C48H55N9O8S/c1-25(2)37(54-47(61)64-6)44(58)56-20-8-10-34(56)42-49-22-32(51-42)28-14-12-27(13-15-28)31-24-66-41-36(40(46(60)63-5)53-39(31)41)30-18-16-29(17-19-30)33-23-50-43(52-33)35-11-9-21-57(35)45(59)38(26(3)4)55-48(62)65-7/h12-19,22-26,34-35,37-38,53H,8-11,20-21H2,1-7H3,(H,49,51)(H,50,52)(H,54,61)(H,55,62). The van der Waals surface area contributed by atoms with Gasteiger partial charge in [-0.1, -0.05) is 76.2 Å². The molecular formula is C48H55N9O8S. The normalized spacial score (nSPS) is 17.0. The number of carbonyl (C=O) groups excluding carboxylic acids is 5. The van der Waals surface area contributed by atoms with Gasteiger partial charge < -0.3 is 49.6 Å². The summed E-state index contributed by atoms with van der Waals surface area (Å²) in [4.78, 5) is 87.9. The molecule has 346 valence electrons. The fourth-order valence-corrected chi connectivity index (χ4v) is 10.2. The minimum Gasteiger partial charge on any atom is -0.464 e. The number of amides is 4. The first-order chi connectivity index (χ1) is 31.8. The first-order valence-electron chi connectivity index (χ1n) is 22.1. The van der Waals surface area contributed by atoms with Crippen molar-refractivity contribution >= 4 is 51.5 Å². The fraction of sp³-hybridized carbons (Fsp3) is 0.396. The summed E-state index contributed by atoms with van der Waals surface area (Å²) in [5.74, 6) is 0.273. The van der Waals surface area contributed by atoms with Crippen LogP contribution in [0.2, 0.25) is 0 Å². The van der Waals surface area contributed by atoms with E-state index in [9.17, 15) is 24.0 Å². The number of nitrogens with zero attached hydrogens (tertiary/aromatic N) is 4. The number of aromatic amines is 3. The second-order valence-electron chi connectivity index (χ2n) is 17.3. The minimum atomic E-state index is -0.726. The predicted molar refractivity (Wildman–Crippen MR) is 249 cm³/mol. The maximum atomic E-state index is 13.7. The van der Waals surface area contributed by atoms with Crippen molar-refractivity contribution in [3.05, 3.63) is 83.6 Å². The van der Waals surface area contributed by atoms with Gasteiger partial charge in [-0.3, -0.25) is 9.59 Å². The van der Waals surface area contributed by atoms with Gasteiger partial charge in [0.25, 0.3) is 0 Å². The molecule has 2 aliphatic rings. The van der Waals surface area contributed by atoms with E-state index in [0.717, 1.165) is 80.7 Å². The Hall–Kier alpha value is -6.95. The minimum absolute atomic E-state index is 0.131. The van der Waals surface area contributed by atoms with E-state index in [1.54, 1.807) is 22.2 Å². The molecule has 5 N–H and O–H groups in total. The number of hydrogen-bond acceptors (Lipinski definition) is 11. The highest BCUT2D eigenvalue weighted by Gasteiger charge is 2.39. The summed E-state index contributed by atoms with van der Waals surface area (Å²) < 4.78 is 15.7. The fourth-order valence-electron chi connectivity index (χ4n) is 9.05. The Morgan fingerprint density at radius 1 is 0.652 bits per heavy atom. The maximum Gasteiger partial charge on any atom is 0.407 e. The molecule has 0 bridgehead atoms. The molecule has 4 unspecified atom stereocenters. The number of fused-ring (bicyclic) bond motifs is 1. The van der Waals surface area contributed by atoms with Crippen molar-refractivity contribution in [2.24, 2.45) is 11.8 Å². The number of rotatable bonds is 13. The summed E-state index contributed by atoms with van der Waals surface area (Å²) in [7, 11) is 3.92. The van der Waals surface area contributed by atoms with E-state index >= 15 is 0 Å². The van der Waals surface area contributed by atoms with Crippen LogP contribution < -0.4 is 10.6 Å². The summed E-state index contributed by atoms with van der Waals surface area (Å²) >= 11 is 1.54. The van der Waals surface area contributed by atoms with Crippen LogP contribution in [0.3, 0.4) is 0 Å². The van der Waals surface area contributed by atoms with Crippen LogP contribution in [-0.4, -0.2) is 111 Å². The molecule has 6 heterocycles. The second kappa shape index (κ2) is 19.3. The van der Waals surface area contributed by atoms with E-state index in [1.807, 2.05) is 76.2 Å². The molecule has 8 rings (SSSR count). The quantitative estimate of drug-likeness (QED) is 0.0552. The number of benzene rings is 2. The van der Waals surface area contributed by atoms with Gasteiger partial charge in [0.15, 0.2) is 0 Å². The smallest absolute Gasteiger partial charge is 0.407 e. The Balaban J connectivity index is 0.999. The number of methoxy groups -OCH3 is 3. The van der Waals surface area contributed by atoms with Crippen molar-refractivity contribution < 1.29 is 38.2 Å². The van der Waals surface area contributed by atoms with E-state index in [2.05, 4.69) is 31.0 Å². The molecule has 2 aliphatic heterocycles. The topological polar surface area (TPSA) is 217 Å². The highest BCUT2D eigenvalue weighted by Crippen LogP contribution is 2.43. The number of likely N-dealkylation sites (tertiary alicyclic amines) is 2. The summed E-state index contributed by atoms with van der Waals surface area (Å²) in [6.07, 6.45) is 5.37. The van der Waals surface area contributed by atoms with Crippen molar-refractivity contribution in [3.63, 3.8) is 0 Å². The third-order valence-electron chi connectivity index (χ3n) is 12.6. The van der Waals surface area contributed by atoms with Gasteiger partial charge in [0, 0.05) is 29.6 Å². The first kappa shape index (κ1) is 45.6. The third-order valence-corrected chi connectivity index (χ3v) is 13.6. The lowest BCUT2D eigenvalue weighted by molar-refractivity contribution is -0.136. The van der Waals surface area contributed by atoms with Gasteiger partial charge in [-0.25, -0.2) is 24.4 Å². The number of carbonyl (C=O) groups is 5. The van der Waals surface area contributed by atoms with Crippen LogP contribution in [0.25, 0.3) is 55.0 Å². The van der Waals surface area contributed by atoms with Gasteiger partial charge in [-0.15, -0.1) is 11.3 Å². The molecule has 2 fully saturated rings. The van der Waals surface area contributed by atoms with Crippen molar-refractivity contribution in [2.75, 3.05) is 34.4 Å². The molecule has 4 amide bonds. The molecule has 17 nitrogen and oxygen atoms in total. The summed E-state index contributed by atoms with van der Waals surface area (Å²) in [6.45, 7) is 8.67. The van der Waals surface area contributed by atoms with E-state index in [1.165, 1.54) is 32.7 Å². The molecule has 2 saturated heterocycles. The van der Waals surface area contributed by atoms with Crippen LogP contribution in [-0.2, 0) is 23.8 Å². The zero-order valence-electron chi connectivity index (χ0n) is 38.0. The van der Waals surface area contributed by atoms with E-state index in [0.29, 0.717) is 30.4 Å². The van der Waals surface area contributed by atoms with Crippen LogP contribution in [0.5, 0.6) is 0 Å². The number of hydrogen-bond donors (Lipinski definition) is 5. The highest BCUT2D eigenvalue weighted by molar-refractivity contribution is 7.18. The molecule has 6 aromatic rings. The highest BCUT2D eigenvalue weighted by atomic mass is 32.1. The molecule has 0 radical (unpaired) electrons. The average molecular weight is 918 g/mol. The maximum absolute atomic E-state index is 13.7. The summed E-state index contributed by atoms with van der Waals surface area (Å²) in [6, 6.07) is 14.0. The Morgan fingerprint density at radius 3 is 1.55 bits per heavy atom. The Bertz CT molecular complexity index is 2730. The van der Waals surface area contributed by atoms with E-state index in [-0.39, 0.29) is 35.7 Å². The molecule has 4 aromatic heterocycles. The van der Waals surface area contributed by atoms with E-state index in [4.69, 9.17) is 24.2 Å². The molecule has 0 spiro atoms. The lowest BCUT2D eigenvalue weighted by Gasteiger charge is -2.30. The summed E-state index contributed by atoms with van der Waals surface area (Å²) in [5.41, 5.74) is 8.02. The molecule has 18 heteroatoms. The number of thiophene rings is 1. The van der Waals surface area contributed by atoms with Gasteiger partial charge in [0.2, 0.25) is 11.8 Å². The van der Waals surface area contributed by atoms with Gasteiger partial charge in [-0.2, -0.15) is 0 Å². The number of aromatic nitrogens is 5. The third kappa shape index (κ3) is 8.88. The van der Waals surface area contributed by atoms with Crippen LogP contribution in [0.1, 0.15) is 87.6 Å². The van der Waals surface area contributed by atoms with Gasteiger partial charge in [0.05, 0.1) is 67.4 Å². The van der Waals surface area contributed by atoms with Crippen LogP contribution >= 0.6 is 11.3 Å². The molecular weight excluding hydrogens is 863 g/mol. The Kier molecular flexibility index (Phi) is 13.3. The van der Waals surface area contributed by atoms with Crippen molar-refractivity contribution in [1.82, 2.24) is 45.4 Å². The average Bonchev–Trinajstić information content (AvgIpc) is 4.19. The number of alkyl carbamates (subject to hydrolysis) is 2. The molecule has 0 saturated carbocycles. The zero-order chi connectivity index (χ0) is 46.8. The number of H-pyrrole nitrogens is 3. The molecule has 0 aliphatic carbocycles. The summed E-state index contributed by atoms with van der Waals surface area (Å²) in [5, 5.41) is 7.46. The van der Waals surface area contributed by atoms with Gasteiger partial charge in [0.1, 0.15) is 29.4 Å². The van der Waals surface area contributed by atoms with Crippen molar-refractivity contribution in [3.8, 4) is 44.8 Å². The lowest BCUT2D eigenvalue weighted by atomic mass is 10.0. The van der Waals surface area contributed by atoms with Crippen LogP contribution in [0, 0.1) is 11.8 Å². The predicted octanol–water partition coefficient (Wildman–Crippen LogP) is 8.22. The molecule has 66 heavy (non-hydrogen) atoms. The number of imidazole rings is 2. The van der Waals surface area contributed by atoms with Gasteiger partial charge in [-0.05, 0) is 59.8 Å². The van der Waals surface area contributed by atoms with Gasteiger partial charge >= 0.3 is 18.2 Å². The molecule has 2 aromatic carbocycles. The number of nitrogens with one attached hydrogen (secondary N) is 5. The zero-order valence-corrected chi connectivity index (χ0v) is 38.8. The SMILES string of the molecule is COC(=O)NC(C(=O)N1CCCC1c1ncc(-c2ccc(-c3csc4c(-c5ccc(-c6cnc(C7CCCN7C(=O)C(NC(=O)OC)C(C)C)[nH]6)cc5)c(C(=O)OC)[nH]c34)cc2)[nH]1)C(C)C. The Labute approximate surface area is 386 Å². The number of ether oxygens (including phenoxy) is 3. The lowest BCUT2D eigenvalue weighted by Crippen LogP contribution is -2.51. The monoisotopic (exact) mass is 917 g/mol. The Morgan fingerprint density at radius 2 is 1.11 bits per heavy atom. The first-order valence-corrected chi connectivity index (χ1v) is 23.0. The molecule has 4 atom stereocenters. The largest absolute Gasteiger partial charge is 0.464 e. The van der Waals surface area contributed by atoms with Crippen LogP contribution in [0.15, 0.2) is 66.3 Å².